The molecule has 41 heavy (non-hydrogen) atoms. The number of hydrogen-bond donors (Lipinski definition) is 1. The molecule has 11 heteroatoms. The van der Waals surface area contributed by atoms with E-state index in [2.05, 4.69) is 9.88 Å². The number of methoxy groups -OCH3 is 2. The van der Waals surface area contributed by atoms with Crippen LogP contribution in [0.3, 0.4) is 0 Å². The van der Waals surface area contributed by atoms with Crippen LogP contribution in [0.5, 0.6) is 17.2 Å². The minimum atomic E-state index is -0.878. The molecule has 0 aliphatic carbocycles. The van der Waals surface area contributed by atoms with Crippen LogP contribution < -0.4 is 19.1 Å². The number of pyridine rings is 1. The number of aliphatic hydroxyl groups is 1. The molecule has 1 N–H and O–H groups in total. The summed E-state index contributed by atoms with van der Waals surface area (Å²) in [5.41, 5.74) is 1.28. The average molecular weight is 564 g/mol. The van der Waals surface area contributed by atoms with Gasteiger partial charge in [0.05, 0.1) is 44.5 Å². The number of benzene rings is 2. The Labute approximate surface area is 237 Å². The van der Waals surface area contributed by atoms with Crippen LogP contribution in [0, 0.1) is 5.92 Å². The number of hydrogen-bond acceptors (Lipinski definition) is 10. The fourth-order valence-electron chi connectivity index (χ4n) is 6.06. The number of piperidine rings is 1. The molecule has 11 nitrogen and oxygen atoms in total. The number of fused-ring (bicyclic) bond motifs is 2. The zero-order valence-corrected chi connectivity index (χ0v) is 23.1. The number of carbonyl (C=O) groups is 2. The van der Waals surface area contributed by atoms with E-state index in [1.807, 2.05) is 30.3 Å². The van der Waals surface area contributed by atoms with E-state index in [1.54, 1.807) is 30.3 Å². The van der Waals surface area contributed by atoms with E-state index in [9.17, 15) is 14.7 Å². The SMILES string of the molecule is COC(=O)C[C@@H]1CN(C[C@H](O)c2ccnc3ccc(OC)cc23)CC[C@]12CN(c1ccc3c(c1)OCCO3)C(=O)O2. The molecule has 216 valence electrons. The predicted molar refractivity (Wildman–Crippen MR) is 148 cm³/mol. The van der Waals surface area contributed by atoms with E-state index >= 15 is 0 Å². The van der Waals surface area contributed by atoms with E-state index in [-0.39, 0.29) is 24.9 Å². The Morgan fingerprint density at radius 2 is 1.98 bits per heavy atom. The summed E-state index contributed by atoms with van der Waals surface area (Å²) in [7, 11) is 2.95. The van der Waals surface area contributed by atoms with Gasteiger partial charge in [-0.25, -0.2) is 4.79 Å². The lowest BCUT2D eigenvalue weighted by Crippen LogP contribution is -2.55. The fourth-order valence-corrected chi connectivity index (χ4v) is 6.06. The van der Waals surface area contributed by atoms with Gasteiger partial charge in [0.15, 0.2) is 11.5 Å². The van der Waals surface area contributed by atoms with Gasteiger partial charge >= 0.3 is 12.1 Å². The first-order valence-electron chi connectivity index (χ1n) is 13.7. The number of nitrogens with zero attached hydrogens (tertiary/aromatic N) is 3. The zero-order valence-electron chi connectivity index (χ0n) is 23.1. The number of anilines is 1. The maximum absolute atomic E-state index is 13.2. The standard InChI is InChI=1S/C30H33N3O8/c1-37-21-4-5-24-23(15-21)22(7-9-31-24)25(34)17-32-10-8-30(19(16-32)13-28(35)38-2)18-33(29(36)41-30)20-3-6-26-27(14-20)40-12-11-39-26/h3-7,9,14-15,19,25,34H,8,10-13,16-18H2,1-2H3/t19-,25+,30+/m1/s1. The molecular formula is C30H33N3O8. The maximum atomic E-state index is 13.2. The molecule has 0 bridgehead atoms. The third-order valence-corrected chi connectivity index (χ3v) is 8.26. The van der Waals surface area contributed by atoms with Gasteiger partial charge in [0, 0.05) is 49.6 Å². The van der Waals surface area contributed by atoms with Crippen molar-refractivity contribution in [3.63, 3.8) is 0 Å². The first-order valence-corrected chi connectivity index (χ1v) is 13.7. The Morgan fingerprint density at radius 1 is 1.15 bits per heavy atom. The highest BCUT2D eigenvalue weighted by Crippen LogP contribution is 2.43. The Kier molecular flexibility index (Phi) is 7.31. The molecule has 0 saturated carbocycles. The van der Waals surface area contributed by atoms with Gasteiger partial charge in [-0.05, 0) is 42.0 Å². The quantitative estimate of drug-likeness (QED) is 0.429. The minimum absolute atomic E-state index is 0.0841. The van der Waals surface area contributed by atoms with Crippen LogP contribution in [-0.2, 0) is 14.3 Å². The van der Waals surface area contributed by atoms with Crippen molar-refractivity contribution < 1.29 is 38.4 Å². The van der Waals surface area contributed by atoms with Crippen LogP contribution in [0.4, 0.5) is 10.5 Å². The van der Waals surface area contributed by atoms with Gasteiger partial charge in [0.1, 0.15) is 24.6 Å². The third kappa shape index (κ3) is 5.22. The molecule has 1 amide bonds. The molecule has 3 aliphatic heterocycles. The van der Waals surface area contributed by atoms with Crippen molar-refractivity contribution in [3.05, 3.63) is 54.2 Å². The largest absolute Gasteiger partial charge is 0.497 e. The number of aliphatic hydroxyl groups excluding tert-OH is 1. The monoisotopic (exact) mass is 563 g/mol. The zero-order chi connectivity index (χ0) is 28.6. The molecule has 4 heterocycles. The average Bonchev–Trinajstić information content (AvgIpc) is 3.34. The first kappa shape index (κ1) is 27.1. The van der Waals surface area contributed by atoms with Crippen molar-refractivity contribution >= 4 is 28.7 Å². The van der Waals surface area contributed by atoms with Gasteiger partial charge in [0.2, 0.25) is 0 Å². The number of rotatable bonds is 7. The van der Waals surface area contributed by atoms with Crippen LogP contribution >= 0.6 is 0 Å². The summed E-state index contributed by atoms with van der Waals surface area (Å²) in [5.74, 6) is 1.19. The molecule has 3 atom stereocenters. The van der Waals surface area contributed by atoms with E-state index in [0.717, 1.165) is 16.5 Å². The number of esters is 1. The third-order valence-electron chi connectivity index (χ3n) is 8.26. The topological polar surface area (TPSA) is 120 Å². The molecule has 0 radical (unpaired) electrons. The van der Waals surface area contributed by atoms with E-state index in [1.165, 1.54) is 7.11 Å². The molecule has 3 aromatic rings. The van der Waals surface area contributed by atoms with E-state index in [0.29, 0.717) is 62.2 Å². The summed E-state index contributed by atoms with van der Waals surface area (Å²) < 4.78 is 27.8. The highest BCUT2D eigenvalue weighted by atomic mass is 16.6. The van der Waals surface area contributed by atoms with E-state index < -0.39 is 17.8 Å². The fraction of sp³-hybridized carbons (Fsp3) is 0.433. The number of amides is 1. The maximum Gasteiger partial charge on any atom is 0.415 e. The van der Waals surface area contributed by atoms with Crippen molar-refractivity contribution in [2.45, 2.75) is 24.5 Å². The molecule has 2 aromatic carbocycles. The van der Waals surface area contributed by atoms with Crippen LogP contribution in [0.2, 0.25) is 0 Å². The van der Waals surface area contributed by atoms with Crippen molar-refractivity contribution in [3.8, 4) is 17.2 Å². The number of ether oxygens (including phenoxy) is 5. The smallest absolute Gasteiger partial charge is 0.415 e. The van der Waals surface area contributed by atoms with Crippen molar-refractivity contribution in [1.82, 2.24) is 9.88 Å². The summed E-state index contributed by atoms with van der Waals surface area (Å²) in [6, 6.07) is 12.8. The second kappa shape index (κ2) is 11.1. The lowest BCUT2D eigenvalue weighted by molar-refractivity contribution is -0.146. The highest BCUT2D eigenvalue weighted by molar-refractivity contribution is 5.91. The van der Waals surface area contributed by atoms with Gasteiger partial charge in [-0.1, -0.05) is 0 Å². The molecule has 1 aromatic heterocycles. The normalized spacial score (nSPS) is 23.0. The van der Waals surface area contributed by atoms with Gasteiger partial charge in [-0.3, -0.25) is 19.6 Å². The van der Waals surface area contributed by atoms with Crippen molar-refractivity contribution in [1.29, 1.82) is 0 Å². The molecule has 2 fully saturated rings. The first-order chi connectivity index (χ1) is 19.9. The van der Waals surface area contributed by atoms with Gasteiger partial charge in [-0.2, -0.15) is 0 Å². The van der Waals surface area contributed by atoms with Crippen LogP contribution in [0.1, 0.15) is 24.5 Å². The van der Waals surface area contributed by atoms with Crippen LogP contribution in [0.25, 0.3) is 10.9 Å². The molecule has 6 rings (SSSR count). The van der Waals surface area contributed by atoms with Crippen LogP contribution in [-0.4, -0.2) is 86.3 Å². The predicted octanol–water partition coefficient (Wildman–Crippen LogP) is 3.33. The molecule has 3 aliphatic rings. The summed E-state index contributed by atoms with van der Waals surface area (Å²) in [5, 5.41) is 12.1. The lowest BCUT2D eigenvalue weighted by atomic mass is 9.78. The molecule has 2 saturated heterocycles. The second-order valence-electron chi connectivity index (χ2n) is 10.6. The minimum Gasteiger partial charge on any atom is -0.497 e. The van der Waals surface area contributed by atoms with Crippen molar-refractivity contribution in [2.24, 2.45) is 5.92 Å². The number of aromatic nitrogens is 1. The number of carbonyl (C=O) groups excluding carboxylic acids is 2. The van der Waals surface area contributed by atoms with Gasteiger partial charge in [0.25, 0.3) is 0 Å². The Balaban J connectivity index is 1.21. The van der Waals surface area contributed by atoms with Gasteiger partial charge < -0.3 is 28.8 Å². The molecule has 0 unspecified atom stereocenters. The number of β-amino-alcohol motifs (C(OH)–C–C–N with tert-alkyl or cyclic N) is 1. The van der Waals surface area contributed by atoms with Gasteiger partial charge in [-0.15, -0.1) is 0 Å². The molecular weight excluding hydrogens is 530 g/mol. The molecule has 1 spiro atoms. The lowest BCUT2D eigenvalue weighted by Gasteiger charge is -2.44. The van der Waals surface area contributed by atoms with Crippen LogP contribution in [0.15, 0.2) is 48.7 Å². The summed E-state index contributed by atoms with van der Waals surface area (Å²) in [6.45, 7) is 2.57. The van der Waals surface area contributed by atoms with E-state index in [4.69, 9.17) is 23.7 Å². The summed E-state index contributed by atoms with van der Waals surface area (Å²) >= 11 is 0. The summed E-state index contributed by atoms with van der Waals surface area (Å²) in [6.07, 6.45) is 0.992. The number of likely N-dealkylation sites (tertiary alicyclic amines) is 1. The Bertz CT molecular complexity index is 1460. The Morgan fingerprint density at radius 3 is 2.78 bits per heavy atom. The van der Waals surface area contributed by atoms with Crippen molar-refractivity contribution in [2.75, 3.05) is 58.5 Å². The second-order valence-corrected chi connectivity index (χ2v) is 10.6. The highest BCUT2D eigenvalue weighted by Gasteiger charge is 2.54. The summed E-state index contributed by atoms with van der Waals surface area (Å²) in [4.78, 5) is 33.8. The Hall–Kier alpha value is -4.09.